The molecule has 2 amide bonds. The van der Waals surface area contributed by atoms with E-state index in [4.69, 9.17) is 16.3 Å². The predicted octanol–water partition coefficient (Wildman–Crippen LogP) is 4.53. The molecule has 0 unspecified atom stereocenters. The fourth-order valence-electron chi connectivity index (χ4n) is 2.33. The number of benzene rings is 2. The molecule has 0 aliphatic carbocycles. The molecule has 0 radical (unpaired) electrons. The Hall–Kier alpha value is -2.94. The second-order valence-electron chi connectivity index (χ2n) is 5.86. The Balaban J connectivity index is 2.35. The van der Waals surface area contributed by atoms with Gasteiger partial charge < -0.3 is 14.8 Å². The van der Waals surface area contributed by atoms with Crippen LogP contribution in [0.4, 0.5) is 23.7 Å². The van der Waals surface area contributed by atoms with Gasteiger partial charge in [-0.2, -0.15) is 13.2 Å². The van der Waals surface area contributed by atoms with E-state index in [1.165, 1.54) is 36.4 Å². The number of ether oxygens (including phenoxy) is 2. The van der Waals surface area contributed by atoms with Crippen LogP contribution in [0.2, 0.25) is 5.02 Å². The summed E-state index contributed by atoms with van der Waals surface area (Å²) in [7, 11) is 0.755. The molecule has 2 aromatic carbocycles. The number of carbonyl (C=O) groups is 2. The highest BCUT2D eigenvalue weighted by atomic mass is 35.5. The van der Waals surface area contributed by atoms with Gasteiger partial charge >= 0.3 is 23.9 Å². The van der Waals surface area contributed by atoms with Gasteiger partial charge in [0.2, 0.25) is 0 Å². The van der Waals surface area contributed by atoms with Gasteiger partial charge in [0.15, 0.2) is 0 Å². The first-order valence-electron chi connectivity index (χ1n) is 8.39. The molecule has 0 heterocycles. The Morgan fingerprint density at radius 3 is 2.10 bits per heavy atom. The van der Waals surface area contributed by atoms with Crippen LogP contribution < -0.4 is 15.4 Å². The maximum Gasteiger partial charge on any atom is 0.460 e. The zero-order valence-electron chi connectivity index (χ0n) is 15.5. The van der Waals surface area contributed by atoms with E-state index in [0.29, 0.717) is 11.4 Å². The van der Waals surface area contributed by atoms with E-state index in [9.17, 15) is 22.8 Å². The van der Waals surface area contributed by atoms with Gasteiger partial charge in [-0.25, -0.2) is 9.59 Å². The molecule has 0 aliphatic rings. The van der Waals surface area contributed by atoms with Crippen LogP contribution in [0.3, 0.4) is 0 Å². The fraction of sp³-hybridized carbons (Fsp3) is 0.263. The molecule has 0 fully saturated rings. The predicted molar refractivity (Wildman–Crippen MR) is 101 cm³/mol. The number of nitrogens with one attached hydrogen (secondary N) is 2. The van der Waals surface area contributed by atoms with Gasteiger partial charge in [-0.05, 0) is 48.4 Å². The highest BCUT2D eigenvalue weighted by Gasteiger charge is 2.66. The summed E-state index contributed by atoms with van der Waals surface area (Å²) in [5.41, 5.74) is -2.76. The number of halogens is 4. The molecular formula is C19H18ClF3N2O4. The molecule has 10 heteroatoms. The number of methoxy groups -OCH3 is 1. The lowest BCUT2D eigenvalue weighted by Gasteiger charge is -2.33. The standard InChI is InChI=1S/C19H18ClF3N2O4/c1-3-12-4-10-15(11-5-12)29-18(16(26)28-2,19(21,22)23)25-17(27)24-14-8-6-13(20)7-9-14/h4-11H,3H2,1-2H3,(H2,24,25,27)/t18-/m1/s1. The molecule has 0 bridgehead atoms. The minimum absolute atomic E-state index is 0.153. The van der Waals surface area contributed by atoms with E-state index in [1.807, 2.05) is 6.92 Å². The largest absolute Gasteiger partial charge is 0.464 e. The highest BCUT2D eigenvalue weighted by molar-refractivity contribution is 6.30. The van der Waals surface area contributed by atoms with Crippen molar-refractivity contribution in [3.8, 4) is 5.75 Å². The van der Waals surface area contributed by atoms with Crippen molar-refractivity contribution in [2.24, 2.45) is 0 Å². The SMILES string of the molecule is CCc1ccc(O[C@](NC(=O)Nc2ccc(Cl)cc2)(C(=O)OC)C(F)(F)F)cc1. The second kappa shape index (κ2) is 9.04. The van der Waals surface area contributed by atoms with Gasteiger partial charge in [0, 0.05) is 10.7 Å². The van der Waals surface area contributed by atoms with E-state index >= 15 is 0 Å². The molecular weight excluding hydrogens is 413 g/mol. The van der Waals surface area contributed by atoms with Crippen molar-refractivity contribution in [3.63, 3.8) is 0 Å². The van der Waals surface area contributed by atoms with Crippen molar-refractivity contribution in [2.75, 3.05) is 12.4 Å². The molecule has 0 aromatic heterocycles. The number of carbonyl (C=O) groups excluding carboxylic acids is 2. The second-order valence-corrected chi connectivity index (χ2v) is 6.29. The molecule has 0 saturated carbocycles. The van der Waals surface area contributed by atoms with Gasteiger partial charge in [0.1, 0.15) is 5.75 Å². The molecule has 2 rings (SSSR count). The number of hydrogen-bond donors (Lipinski definition) is 2. The van der Waals surface area contributed by atoms with Crippen LogP contribution in [0.25, 0.3) is 0 Å². The third-order valence-electron chi connectivity index (χ3n) is 3.87. The molecule has 2 aromatic rings. The summed E-state index contributed by atoms with van der Waals surface area (Å²) in [4.78, 5) is 24.3. The smallest absolute Gasteiger partial charge is 0.460 e. The number of amides is 2. The lowest BCUT2D eigenvalue weighted by molar-refractivity contribution is -0.258. The third kappa shape index (κ3) is 5.32. The molecule has 29 heavy (non-hydrogen) atoms. The van der Waals surface area contributed by atoms with E-state index in [1.54, 1.807) is 17.4 Å². The number of anilines is 1. The number of urea groups is 1. The summed E-state index contributed by atoms with van der Waals surface area (Å²) < 4.78 is 51.0. The van der Waals surface area contributed by atoms with Crippen molar-refractivity contribution in [1.29, 1.82) is 0 Å². The van der Waals surface area contributed by atoms with Crippen LogP contribution in [0.15, 0.2) is 48.5 Å². The van der Waals surface area contributed by atoms with Crippen LogP contribution >= 0.6 is 11.6 Å². The molecule has 0 saturated heterocycles. The zero-order valence-corrected chi connectivity index (χ0v) is 16.2. The summed E-state index contributed by atoms with van der Waals surface area (Å²) in [6.07, 6.45) is -4.68. The number of esters is 1. The Kier molecular flexibility index (Phi) is 6.97. The van der Waals surface area contributed by atoms with E-state index < -0.39 is 23.9 Å². The third-order valence-corrected chi connectivity index (χ3v) is 4.12. The number of aryl methyl sites for hydroxylation is 1. The zero-order chi connectivity index (χ0) is 21.7. The lowest BCUT2D eigenvalue weighted by Crippen LogP contribution is -2.68. The van der Waals surface area contributed by atoms with E-state index in [2.05, 4.69) is 10.1 Å². The van der Waals surface area contributed by atoms with E-state index in [-0.39, 0.29) is 11.4 Å². The first-order valence-corrected chi connectivity index (χ1v) is 8.77. The van der Waals surface area contributed by atoms with Crippen LogP contribution in [0, 0.1) is 0 Å². The number of hydrogen-bond acceptors (Lipinski definition) is 4. The Labute approximate surface area is 169 Å². The van der Waals surface area contributed by atoms with Gasteiger partial charge in [-0.1, -0.05) is 30.7 Å². The summed E-state index contributed by atoms with van der Waals surface area (Å²) in [5.74, 6) is -2.12. The first kappa shape index (κ1) is 22.4. The lowest BCUT2D eigenvalue weighted by atomic mass is 10.1. The minimum Gasteiger partial charge on any atom is -0.464 e. The van der Waals surface area contributed by atoms with Gasteiger partial charge in [-0.3, -0.25) is 5.32 Å². The average Bonchev–Trinajstić information content (AvgIpc) is 2.68. The number of rotatable bonds is 6. The Morgan fingerprint density at radius 1 is 1.03 bits per heavy atom. The van der Waals surface area contributed by atoms with Crippen LogP contribution in [0.5, 0.6) is 5.75 Å². The highest BCUT2D eigenvalue weighted by Crippen LogP contribution is 2.34. The first-order chi connectivity index (χ1) is 13.6. The van der Waals surface area contributed by atoms with Crippen LogP contribution in [-0.2, 0) is 16.0 Å². The summed E-state index contributed by atoms with van der Waals surface area (Å²) >= 11 is 5.73. The maximum absolute atomic E-state index is 13.9. The topological polar surface area (TPSA) is 76.7 Å². The Morgan fingerprint density at radius 2 is 1.62 bits per heavy atom. The van der Waals surface area contributed by atoms with Crippen molar-refractivity contribution >= 4 is 29.3 Å². The van der Waals surface area contributed by atoms with Crippen molar-refractivity contribution in [2.45, 2.75) is 25.2 Å². The molecule has 156 valence electrons. The molecule has 2 N–H and O–H groups in total. The van der Waals surface area contributed by atoms with E-state index in [0.717, 1.165) is 12.7 Å². The van der Waals surface area contributed by atoms with Crippen molar-refractivity contribution < 1.29 is 32.2 Å². The monoisotopic (exact) mass is 430 g/mol. The van der Waals surface area contributed by atoms with Gasteiger partial charge in [0.25, 0.3) is 0 Å². The van der Waals surface area contributed by atoms with Gasteiger partial charge in [-0.15, -0.1) is 0 Å². The molecule has 0 aliphatic heterocycles. The molecule has 6 nitrogen and oxygen atoms in total. The average molecular weight is 431 g/mol. The van der Waals surface area contributed by atoms with Crippen molar-refractivity contribution in [3.05, 3.63) is 59.1 Å². The normalized spacial score (nSPS) is 13.2. The molecule has 1 atom stereocenters. The number of alkyl halides is 3. The summed E-state index contributed by atoms with van der Waals surface area (Å²) in [5, 5.41) is 4.11. The maximum atomic E-state index is 13.9. The van der Waals surface area contributed by atoms with Crippen LogP contribution in [0.1, 0.15) is 12.5 Å². The minimum atomic E-state index is -5.33. The quantitative estimate of drug-likeness (QED) is 0.521. The fourth-order valence-corrected chi connectivity index (χ4v) is 2.46. The van der Waals surface area contributed by atoms with Crippen LogP contribution in [-0.4, -0.2) is 31.0 Å². The summed E-state index contributed by atoms with van der Waals surface area (Å²) in [6.45, 7) is 1.87. The summed E-state index contributed by atoms with van der Waals surface area (Å²) in [6, 6.07) is 9.89. The van der Waals surface area contributed by atoms with Gasteiger partial charge in [0.05, 0.1) is 7.11 Å². The molecule has 0 spiro atoms. The Bertz CT molecular complexity index is 857. The van der Waals surface area contributed by atoms with Crippen molar-refractivity contribution in [1.82, 2.24) is 5.32 Å².